The molecule has 0 fully saturated rings. The largest absolute Gasteiger partial charge is 0.415 e. The zero-order chi connectivity index (χ0) is 19.4. The van der Waals surface area contributed by atoms with Gasteiger partial charge in [-0.1, -0.05) is 17.8 Å². The molecule has 0 N–H and O–H groups in total. The van der Waals surface area contributed by atoms with E-state index in [0.717, 1.165) is 22.6 Å². The third-order valence-electron chi connectivity index (χ3n) is 4.09. The second-order valence-corrected chi connectivity index (χ2v) is 8.60. The minimum Gasteiger partial charge on any atom is -0.415 e. The number of aromatic nitrogens is 3. The first-order chi connectivity index (χ1) is 13.0. The minimum absolute atomic E-state index is 0.0602. The molecule has 0 saturated heterocycles. The van der Waals surface area contributed by atoms with Crippen LogP contribution >= 0.6 is 35.3 Å². The SMILES string of the molecule is CSCc1nnc(SCC(=O)c2cc(C)n(-c3cccc(SC)c3)c2C)o1. The fourth-order valence-corrected chi connectivity index (χ4v) is 4.36. The highest BCUT2D eigenvalue weighted by molar-refractivity contribution is 7.99. The van der Waals surface area contributed by atoms with E-state index in [4.69, 9.17) is 4.42 Å². The first-order valence-corrected chi connectivity index (χ1v) is 11.9. The molecule has 0 saturated carbocycles. The molecule has 2 heterocycles. The Kier molecular flexibility index (Phi) is 6.73. The van der Waals surface area contributed by atoms with Gasteiger partial charge in [-0.3, -0.25) is 4.79 Å². The number of hydrogen-bond acceptors (Lipinski definition) is 7. The van der Waals surface area contributed by atoms with Crippen LogP contribution in [0.2, 0.25) is 0 Å². The van der Waals surface area contributed by atoms with Crippen molar-refractivity contribution in [3.8, 4) is 5.69 Å². The van der Waals surface area contributed by atoms with Crippen molar-refractivity contribution in [3.05, 3.63) is 53.2 Å². The second-order valence-electron chi connectivity index (χ2n) is 5.93. The van der Waals surface area contributed by atoms with Gasteiger partial charge in [0.15, 0.2) is 5.78 Å². The van der Waals surface area contributed by atoms with Crippen LogP contribution in [-0.4, -0.2) is 38.8 Å². The van der Waals surface area contributed by atoms with Gasteiger partial charge in [-0.15, -0.1) is 22.0 Å². The molecule has 3 rings (SSSR count). The summed E-state index contributed by atoms with van der Waals surface area (Å²) in [5.74, 6) is 1.60. The number of carbonyl (C=O) groups is 1. The maximum absolute atomic E-state index is 12.8. The topological polar surface area (TPSA) is 60.9 Å². The number of rotatable bonds is 8. The molecule has 0 radical (unpaired) electrons. The van der Waals surface area contributed by atoms with E-state index in [1.807, 2.05) is 32.2 Å². The van der Waals surface area contributed by atoms with Crippen molar-refractivity contribution >= 4 is 41.1 Å². The molecule has 142 valence electrons. The smallest absolute Gasteiger partial charge is 0.277 e. The Hall–Kier alpha value is -1.64. The van der Waals surface area contributed by atoms with E-state index >= 15 is 0 Å². The third kappa shape index (κ3) is 4.62. The number of thioether (sulfide) groups is 3. The molecule has 0 aliphatic rings. The molecule has 27 heavy (non-hydrogen) atoms. The molecule has 8 heteroatoms. The molecule has 0 atom stereocenters. The van der Waals surface area contributed by atoms with E-state index in [0.29, 0.717) is 16.9 Å². The molecule has 3 aromatic rings. The van der Waals surface area contributed by atoms with E-state index < -0.39 is 0 Å². The number of benzene rings is 1. The first-order valence-electron chi connectivity index (χ1n) is 8.34. The molecule has 0 spiro atoms. The van der Waals surface area contributed by atoms with Crippen molar-refractivity contribution < 1.29 is 9.21 Å². The van der Waals surface area contributed by atoms with Crippen LogP contribution in [0.5, 0.6) is 0 Å². The minimum atomic E-state index is 0.0602. The van der Waals surface area contributed by atoms with Crippen molar-refractivity contribution in [1.29, 1.82) is 0 Å². The molecule has 5 nitrogen and oxygen atoms in total. The summed E-state index contributed by atoms with van der Waals surface area (Å²) in [6, 6.07) is 10.3. The average molecular weight is 420 g/mol. The highest BCUT2D eigenvalue weighted by atomic mass is 32.2. The number of ketones is 1. The summed E-state index contributed by atoms with van der Waals surface area (Å²) >= 11 is 4.61. The van der Waals surface area contributed by atoms with E-state index in [9.17, 15) is 4.79 Å². The second kappa shape index (κ2) is 9.03. The van der Waals surface area contributed by atoms with Gasteiger partial charge in [-0.25, -0.2) is 0 Å². The van der Waals surface area contributed by atoms with Crippen molar-refractivity contribution in [2.75, 3.05) is 18.3 Å². The Bertz CT molecular complexity index is 950. The van der Waals surface area contributed by atoms with E-state index in [1.165, 1.54) is 16.7 Å². The van der Waals surface area contributed by atoms with Gasteiger partial charge in [0, 0.05) is 27.5 Å². The Balaban J connectivity index is 1.77. The van der Waals surface area contributed by atoms with E-state index in [2.05, 4.69) is 39.2 Å². The van der Waals surface area contributed by atoms with Crippen LogP contribution in [0.25, 0.3) is 5.69 Å². The average Bonchev–Trinajstić information content (AvgIpc) is 3.24. The van der Waals surface area contributed by atoms with Gasteiger partial charge < -0.3 is 8.98 Å². The molecule has 0 aliphatic carbocycles. The van der Waals surface area contributed by atoms with Crippen molar-refractivity contribution in [2.24, 2.45) is 0 Å². The highest BCUT2D eigenvalue weighted by Crippen LogP contribution is 2.26. The standard InChI is InChI=1S/C19H21N3O2S3/c1-12-8-16(13(2)22(12)14-6-5-7-15(9-14)26-4)17(23)10-27-19-21-20-18(24-19)11-25-3/h5-9H,10-11H2,1-4H3. The fraction of sp³-hybridized carbons (Fsp3) is 0.316. The van der Waals surface area contributed by atoms with E-state index in [-0.39, 0.29) is 11.5 Å². The quantitative estimate of drug-likeness (QED) is 0.374. The van der Waals surface area contributed by atoms with Crippen LogP contribution in [0, 0.1) is 13.8 Å². The van der Waals surface area contributed by atoms with Crippen LogP contribution in [0.1, 0.15) is 27.6 Å². The number of nitrogens with zero attached hydrogens (tertiary/aromatic N) is 3. The van der Waals surface area contributed by atoms with Crippen molar-refractivity contribution in [3.63, 3.8) is 0 Å². The fourth-order valence-electron chi connectivity index (χ4n) is 2.88. The summed E-state index contributed by atoms with van der Waals surface area (Å²) in [5.41, 5.74) is 3.80. The molecular formula is C19H21N3O2S3. The molecular weight excluding hydrogens is 398 g/mol. The molecule has 1 aromatic carbocycles. The third-order valence-corrected chi connectivity index (χ3v) is 6.17. The summed E-state index contributed by atoms with van der Waals surface area (Å²) in [6.07, 6.45) is 4.04. The highest BCUT2D eigenvalue weighted by Gasteiger charge is 2.18. The van der Waals surface area contributed by atoms with Crippen molar-refractivity contribution in [2.45, 2.75) is 29.7 Å². The van der Waals surface area contributed by atoms with E-state index in [1.54, 1.807) is 23.5 Å². The van der Waals surface area contributed by atoms with Crippen LogP contribution < -0.4 is 0 Å². The zero-order valence-corrected chi connectivity index (χ0v) is 18.1. The number of aryl methyl sites for hydroxylation is 1. The van der Waals surface area contributed by atoms with Gasteiger partial charge in [0.1, 0.15) is 0 Å². The van der Waals surface area contributed by atoms with Crippen LogP contribution in [0.4, 0.5) is 0 Å². The molecule has 0 amide bonds. The number of Topliss-reactive ketones (excluding diaryl/α,β-unsaturated/α-hetero) is 1. The van der Waals surface area contributed by atoms with Crippen LogP contribution in [0.3, 0.4) is 0 Å². The Morgan fingerprint density at radius 1 is 1.19 bits per heavy atom. The Morgan fingerprint density at radius 3 is 2.74 bits per heavy atom. The van der Waals surface area contributed by atoms with Gasteiger partial charge in [-0.2, -0.15) is 11.8 Å². The van der Waals surface area contributed by atoms with Gasteiger partial charge in [-0.05, 0) is 50.6 Å². The molecule has 0 unspecified atom stereocenters. The monoisotopic (exact) mass is 419 g/mol. The molecule has 0 bridgehead atoms. The number of carbonyl (C=O) groups excluding carboxylic acids is 1. The van der Waals surface area contributed by atoms with Crippen LogP contribution in [0.15, 0.2) is 44.9 Å². The Labute approximate surface area is 171 Å². The number of hydrogen-bond donors (Lipinski definition) is 0. The van der Waals surface area contributed by atoms with Gasteiger partial charge in [0.05, 0.1) is 11.5 Å². The summed E-state index contributed by atoms with van der Waals surface area (Å²) in [7, 11) is 0. The first kappa shape index (κ1) is 20.1. The summed E-state index contributed by atoms with van der Waals surface area (Å²) in [4.78, 5) is 14.0. The predicted molar refractivity (Wildman–Crippen MR) is 114 cm³/mol. The summed E-state index contributed by atoms with van der Waals surface area (Å²) < 4.78 is 7.65. The van der Waals surface area contributed by atoms with Crippen LogP contribution in [-0.2, 0) is 5.75 Å². The maximum Gasteiger partial charge on any atom is 0.277 e. The maximum atomic E-state index is 12.8. The summed E-state index contributed by atoms with van der Waals surface area (Å²) in [6.45, 7) is 4.01. The lowest BCUT2D eigenvalue weighted by molar-refractivity contribution is 0.102. The molecule has 0 aliphatic heterocycles. The lowest BCUT2D eigenvalue weighted by atomic mass is 10.2. The predicted octanol–water partition coefficient (Wildman–Crippen LogP) is 5.04. The van der Waals surface area contributed by atoms with Crippen molar-refractivity contribution in [1.82, 2.24) is 14.8 Å². The Morgan fingerprint density at radius 2 is 2.00 bits per heavy atom. The molecule has 2 aromatic heterocycles. The lowest BCUT2D eigenvalue weighted by Gasteiger charge is -2.11. The lowest BCUT2D eigenvalue weighted by Crippen LogP contribution is -2.05. The van der Waals surface area contributed by atoms with Gasteiger partial charge in [0.2, 0.25) is 5.89 Å². The zero-order valence-electron chi connectivity index (χ0n) is 15.7. The summed E-state index contributed by atoms with van der Waals surface area (Å²) in [5, 5.41) is 8.40. The van der Waals surface area contributed by atoms with Gasteiger partial charge >= 0.3 is 0 Å². The van der Waals surface area contributed by atoms with Gasteiger partial charge in [0.25, 0.3) is 5.22 Å². The normalized spacial score (nSPS) is 11.1.